The molecule has 0 aromatic carbocycles. The number of hydrogen-bond acceptors (Lipinski definition) is 5. The number of aromatic nitrogens is 6. The Bertz CT molecular complexity index is 700. The van der Waals surface area contributed by atoms with Gasteiger partial charge in [-0.1, -0.05) is 0 Å². The highest BCUT2D eigenvalue weighted by Crippen LogP contribution is 2.12. The largest absolute Gasteiger partial charge is 0.500 e. The van der Waals surface area contributed by atoms with Gasteiger partial charge in [0.15, 0.2) is 0 Å². The quantitative estimate of drug-likeness (QED) is 0.661. The van der Waals surface area contributed by atoms with E-state index in [1.807, 2.05) is 6.92 Å². The second-order valence-corrected chi connectivity index (χ2v) is 3.74. The maximum atomic E-state index is 5.14. The third kappa shape index (κ3) is 2.17. The van der Waals surface area contributed by atoms with Crippen molar-refractivity contribution in [1.29, 1.82) is 0 Å². The Balaban J connectivity index is 1.98. The molecule has 0 amide bonds. The van der Waals surface area contributed by atoms with Gasteiger partial charge in [-0.15, -0.1) is 0 Å². The highest BCUT2D eigenvalue weighted by molar-refractivity contribution is 5.75. The lowest BCUT2D eigenvalue weighted by Gasteiger charge is -2.00. The van der Waals surface area contributed by atoms with Crippen molar-refractivity contribution in [3.63, 3.8) is 0 Å². The molecule has 0 bridgehead atoms. The number of hydrogen-bond donors (Lipinski definition) is 0. The zero-order valence-electron chi connectivity index (χ0n) is 10.3. The highest BCUT2D eigenvalue weighted by atomic mass is 16.5. The molecule has 0 spiro atoms. The van der Waals surface area contributed by atoms with E-state index in [1.54, 1.807) is 52.8 Å². The number of rotatable bonds is 4. The van der Waals surface area contributed by atoms with Gasteiger partial charge in [-0.25, -0.2) is 19.6 Å². The first-order valence-corrected chi connectivity index (χ1v) is 5.85. The number of ether oxygens (including phenoxy) is 1. The van der Waals surface area contributed by atoms with E-state index in [1.165, 1.54) is 0 Å². The van der Waals surface area contributed by atoms with Gasteiger partial charge >= 0.3 is 0 Å². The van der Waals surface area contributed by atoms with Gasteiger partial charge in [0.05, 0.1) is 25.2 Å². The fraction of sp³-hybridized carbons (Fsp3) is 0.167. The van der Waals surface area contributed by atoms with E-state index in [0.29, 0.717) is 12.6 Å². The van der Waals surface area contributed by atoms with Gasteiger partial charge in [0.2, 0.25) is 5.95 Å². The Morgan fingerprint density at radius 2 is 2.32 bits per heavy atom. The molecule has 0 N–H and O–H groups in total. The van der Waals surface area contributed by atoms with Gasteiger partial charge in [0, 0.05) is 12.4 Å². The monoisotopic (exact) mass is 256 g/mol. The van der Waals surface area contributed by atoms with Crippen LogP contribution in [0.15, 0.2) is 37.4 Å². The van der Waals surface area contributed by atoms with Crippen LogP contribution in [0.2, 0.25) is 0 Å². The zero-order chi connectivity index (χ0) is 13.1. The first-order valence-electron chi connectivity index (χ1n) is 5.85. The van der Waals surface area contributed by atoms with Crippen molar-refractivity contribution in [2.24, 2.45) is 0 Å². The zero-order valence-corrected chi connectivity index (χ0v) is 10.3. The Labute approximate surface area is 109 Å². The summed E-state index contributed by atoms with van der Waals surface area (Å²) in [6.07, 6.45) is 11.9. The minimum absolute atomic E-state index is 0.568. The summed E-state index contributed by atoms with van der Waals surface area (Å²) in [5, 5.41) is 4.21. The Kier molecular flexibility index (Phi) is 2.93. The van der Waals surface area contributed by atoms with Crippen LogP contribution in [0.25, 0.3) is 23.2 Å². The van der Waals surface area contributed by atoms with Crippen molar-refractivity contribution in [2.45, 2.75) is 6.92 Å². The highest BCUT2D eigenvalue weighted by Gasteiger charge is 2.05. The lowest BCUT2D eigenvalue weighted by atomic mass is 10.5. The molecule has 3 aromatic rings. The molecule has 96 valence electrons. The van der Waals surface area contributed by atoms with Crippen molar-refractivity contribution in [2.75, 3.05) is 6.61 Å². The van der Waals surface area contributed by atoms with E-state index in [4.69, 9.17) is 4.74 Å². The van der Waals surface area contributed by atoms with Gasteiger partial charge in [0.25, 0.3) is 0 Å². The molecule has 0 radical (unpaired) electrons. The van der Waals surface area contributed by atoms with Gasteiger partial charge in [-0.3, -0.25) is 4.57 Å². The minimum atomic E-state index is 0.568. The lowest BCUT2D eigenvalue weighted by Crippen LogP contribution is -1.98. The summed E-state index contributed by atoms with van der Waals surface area (Å²) >= 11 is 0. The van der Waals surface area contributed by atoms with Crippen molar-refractivity contribution in [3.8, 4) is 5.95 Å². The number of fused-ring (bicyclic) bond motifs is 1. The molecule has 7 nitrogen and oxygen atoms in total. The average molecular weight is 256 g/mol. The first kappa shape index (κ1) is 11.4. The molecule has 0 unspecified atom stereocenters. The lowest BCUT2D eigenvalue weighted by molar-refractivity contribution is 0.271. The maximum absolute atomic E-state index is 5.14. The Hall–Kier alpha value is -2.70. The van der Waals surface area contributed by atoms with Crippen molar-refractivity contribution >= 4 is 17.2 Å². The molecule has 3 aromatic heterocycles. The van der Waals surface area contributed by atoms with Gasteiger partial charge < -0.3 is 4.74 Å². The average Bonchev–Trinajstić information content (AvgIpc) is 3.08. The standard InChI is InChI=1S/C12H12N6O/c1-2-19-6-5-18-11-8-14-12(16-10(11)7-15-18)17-4-3-13-9-17/h3-9H,2H2,1H3. The molecule has 0 fully saturated rings. The molecular weight excluding hydrogens is 244 g/mol. The van der Waals surface area contributed by atoms with E-state index in [-0.39, 0.29) is 0 Å². The summed E-state index contributed by atoms with van der Waals surface area (Å²) in [7, 11) is 0. The van der Waals surface area contributed by atoms with E-state index in [9.17, 15) is 0 Å². The van der Waals surface area contributed by atoms with Crippen LogP contribution in [0.1, 0.15) is 6.92 Å². The summed E-state index contributed by atoms with van der Waals surface area (Å²) in [6, 6.07) is 0. The summed E-state index contributed by atoms with van der Waals surface area (Å²) in [6.45, 7) is 2.54. The van der Waals surface area contributed by atoms with Crippen LogP contribution in [0.5, 0.6) is 0 Å². The SMILES string of the molecule is CCOC=Cn1ncc2nc(-n3ccnc3)ncc21. The van der Waals surface area contributed by atoms with Crippen LogP contribution in [0, 0.1) is 0 Å². The second-order valence-electron chi connectivity index (χ2n) is 3.74. The molecular formula is C12H12N6O. The molecule has 0 atom stereocenters. The molecule has 3 rings (SSSR count). The molecule has 3 heterocycles. The van der Waals surface area contributed by atoms with Crippen LogP contribution in [0.4, 0.5) is 0 Å². The van der Waals surface area contributed by atoms with Crippen LogP contribution in [-0.4, -0.2) is 35.9 Å². The van der Waals surface area contributed by atoms with E-state index >= 15 is 0 Å². The van der Waals surface area contributed by atoms with E-state index in [0.717, 1.165) is 11.0 Å². The smallest absolute Gasteiger partial charge is 0.235 e. The topological polar surface area (TPSA) is 70.7 Å². The van der Waals surface area contributed by atoms with E-state index < -0.39 is 0 Å². The van der Waals surface area contributed by atoms with Gasteiger partial charge in [-0.2, -0.15) is 5.10 Å². The Morgan fingerprint density at radius 3 is 3.11 bits per heavy atom. The van der Waals surface area contributed by atoms with Gasteiger partial charge in [-0.05, 0) is 6.92 Å². The summed E-state index contributed by atoms with van der Waals surface area (Å²) in [5.74, 6) is 0.568. The fourth-order valence-electron chi connectivity index (χ4n) is 1.65. The maximum Gasteiger partial charge on any atom is 0.235 e. The number of imidazole rings is 1. The van der Waals surface area contributed by atoms with Crippen molar-refractivity contribution < 1.29 is 4.74 Å². The molecule has 19 heavy (non-hydrogen) atoms. The van der Waals surface area contributed by atoms with Crippen LogP contribution < -0.4 is 0 Å². The van der Waals surface area contributed by atoms with Crippen molar-refractivity contribution in [1.82, 2.24) is 29.3 Å². The normalized spacial score (nSPS) is 11.4. The first-order chi connectivity index (χ1) is 9.38. The summed E-state index contributed by atoms with van der Waals surface area (Å²) in [5.41, 5.74) is 1.58. The van der Waals surface area contributed by atoms with E-state index in [2.05, 4.69) is 20.1 Å². The number of nitrogens with zero attached hydrogens (tertiary/aromatic N) is 6. The third-order valence-corrected chi connectivity index (χ3v) is 2.54. The summed E-state index contributed by atoms with van der Waals surface area (Å²) in [4.78, 5) is 12.7. The predicted octanol–water partition coefficient (Wildman–Crippen LogP) is 1.48. The molecule has 7 heteroatoms. The van der Waals surface area contributed by atoms with Crippen molar-refractivity contribution in [3.05, 3.63) is 37.4 Å². The van der Waals surface area contributed by atoms with Crippen LogP contribution >= 0.6 is 0 Å². The van der Waals surface area contributed by atoms with Crippen LogP contribution in [-0.2, 0) is 4.74 Å². The fourth-order valence-corrected chi connectivity index (χ4v) is 1.65. The molecule has 0 aliphatic rings. The molecule has 0 saturated carbocycles. The van der Waals surface area contributed by atoms with Gasteiger partial charge in [0.1, 0.15) is 23.6 Å². The second kappa shape index (κ2) is 4.89. The Morgan fingerprint density at radius 1 is 1.37 bits per heavy atom. The molecule has 0 aliphatic heterocycles. The minimum Gasteiger partial charge on any atom is -0.500 e. The summed E-state index contributed by atoms with van der Waals surface area (Å²) < 4.78 is 8.56. The third-order valence-electron chi connectivity index (χ3n) is 2.54. The van der Waals surface area contributed by atoms with Crippen LogP contribution in [0.3, 0.4) is 0 Å². The predicted molar refractivity (Wildman–Crippen MR) is 69.4 cm³/mol. The molecule has 0 aliphatic carbocycles. The molecule has 0 saturated heterocycles.